The number of fused-ring (bicyclic) bond motifs is 1. The molecular formula is C31H33FN2O2S. The maximum absolute atomic E-state index is 13.8. The Labute approximate surface area is 219 Å². The lowest BCUT2D eigenvalue weighted by atomic mass is 9.97. The second-order valence-corrected chi connectivity index (χ2v) is 12.2. The van der Waals surface area contributed by atoms with Gasteiger partial charge in [-0.1, -0.05) is 62.4 Å². The highest BCUT2D eigenvalue weighted by molar-refractivity contribution is 7.89. The van der Waals surface area contributed by atoms with Crippen molar-refractivity contribution in [2.24, 2.45) is 5.92 Å². The van der Waals surface area contributed by atoms with Crippen molar-refractivity contribution in [2.45, 2.75) is 45.1 Å². The van der Waals surface area contributed by atoms with E-state index < -0.39 is 10.0 Å². The Kier molecular flexibility index (Phi) is 7.06. The summed E-state index contributed by atoms with van der Waals surface area (Å²) in [5.74, 6) is 0.286. The number of benzene rings is 3. The van der Waals surface area contributed by atoms with Crippen molar-refractivity contribution in [3.63, 3.8) is 0 Å². The summed E-state index contributed by atoms with van der Waals surface area (Å²) in [5, 5.41) is 1.14. The predicted octanol–water partition coefficient (Wildman–Crippen LogP) is 6.81. The number of halogens is 1. The van der Waals surface area contributed by atoms with Gasteiger partial charge in [-0.2, -0.15) is 4.31 Å². The SMILES string of the molecule is Cc1c(C2=CCN(S(=O)(=O)c3ccc(CC(C)C)cc3)CC2)c2ccccc2n1Cc1cccc(F)c1. The number of hydrogen-bond donors (Lipinski definition) is 0. The van der Waals surface area contributed by atoms with E-state index in [2.05, 4.69) is 43.5 Å². The van der Waals surface area contributed by atoms with E-state index in [0.717, 1.165) is 45.3 Å². The molecule has 4 nitrogen and oxygen atoms in total. The van der Waals surface area contributed by atoms with Crippen LogP contribution >= 0.6 is 0 Å². The van der Waals surface area contributed by atoms with E-state index in [1.54, 1.807) is 28.6 Å². The van der Waals surface area contributed by atoms with E-state index in [9.17, 15) is 12.8 Å². The van der Waals surface area contributed by atoms with Crippen molar-refractivity contribution >= 4 is 26.5 Å². The lowest BCUT2D eigenvalue weighted by Gasteiger charge is -2.26. The van der Waals surface area contributed by atoms with Crippen molar-refractivity contribution < 1.29 is 12.8 Å². The van der Waals surface area contributed by atoms with Crippen LogP contribution in [-0.4, -0.2) is 30.4 Å². The molecule has 0 fully saturated rings. The molecular weight excluding hydrogens is 483 g/mol. The van der Waals surface area contributed by atoms with Gasteiger partial charge in [-0.15, -0.1) is 0 Å². The third-order valence-electron chi connectivity index (χ3n) is 7.16. The first-order valence-electron chi connectivity index (χ1n) is 12.8. The zero-order valence-electron chi connectivity index (χ0n) is 21.6. The fraction of sp³-hybridized carbons (Fsp3) is 0.290. The van der Waals surface area contributed by atoms with E-state index in [0.29, 0.717) is 36.9 Å². The van der Waals surface area contributed by atoms with Gasteiger partial charge in [-0.25, -0.2) is 12.8 Å². The molecule has 6 heteroatoms. The average molecular weight is 517 g/mol. The Bertz CT molecular complexity index is 1570. The van der Waals surface area contributed by atoms with E-state index in [4.69, 9.17) is 0 Å². The third-order valence-corrected chi connectivity index (χ3v) is 9.04. The van der Waals surface area contributed by atoms with Crippen LogP contribution in [0.3, 0.4) is 0 Å². The van der Waals surface area contributed by atoms with E-state index >= 15 is 0 Å². The Morgan fingerprint density at radius 3 is 2.38 bits per heavy atom. The normalized spacial score (nSPS) is 14.9. The lowest BCUT2D eigenvalue weighted by Crippen LogP contribution is -2.34. The Balaban J connectivity index is 1.43. The summed E-state index contributed by atoms with van der Waals surface area (Å²) < 4.78 is 44.3. The molecule has 37 heavy (non-hydrogen) atoms. The molecule has 1 aromatic heterocycles. The summed E-state index contributed by atoms with van der Waals surface area (Å²) in [7, 11) is -3.56. The highest BCUT2D eigenvalue weighted by Crippen LogP contribution is 2.36. The van der Waals surface area contributed by atoms with Crippen LogP contribution in [0.5, 0.6) is 0 Å². The second kappa shape index (κ2) is 10.3. The fourth-order valence-electron chi connectivity index (χ4n) is 5.37. The molecule has 0 unspecified atom stereocenters. The van der Waals surface area contributed by atoms with Gasteiger partial charge in [0.05, 0.1) is 4.90 Å². The molecule has 0 spiro atoms. The van der Waals surface area contributed by atoms with E-state index in [-0.39, 0.29) is 5.82 Å². The van der Waals surface area contributed by atoms with Crippen LogP contribution in [0, 0.1) is 18.7 Å². The molecule has 1 aliphatic rings. The quantitative estimate of drug-likeness (QED) is 0.271. The number of sulfonamides is 1. The summed E-state index contributed by atoms with van der Waals surface area (Å²) in [6.07, 6.45) is 3.62. The van der Waals surface area contributed by atoms with Gasteiger partial charge in [-0.3, -0.25) is 0 Å². The summed E-state index contributed by atoms with van der Waals surface area (Å²) in [5.41, 5.74) is 6.57. The smallest absolute Gasteiger partial charge is 0.243 e. The predicted molar refractivity (Wildman–Crippen MR) is 149 cm³/mol. The van der Waals surface area contributed by atoms with Gasteiger partial charge in [0.15, 0.2) is 0 Å². The van der Waals surface area contributed by atoms with Crippen LogP contribution in [-0.2, 0) is 23.0 Å². The first kappa shape index (κ1) is 25.4. The fourth-order valence-corrected chi connectivity index (χ4v) is 6.75. The minimum absolute atomic E-state index is 0.238. The molecule has 0 atom stereocenters. The van der Waals surface area contributed by atoms with Gasteiger partial charge in [0.2, 0.25) is 10.0 Å². The molecule has 0 saturated carbocycles. The molecule has 3 aromatic carbocycles. The van der Waals surface area contributed by atoms with Crippen LogP contribution in [0.15, 0.2) is 83.8 Å². The minimum Gasteiger partial charge on any atom is -0.340 e. The molecule has 2 heterocycles. The minimum atomic E-state index is -3.56. The highest BCUT2D eigenvalue weighted by Gasteiger charge is 2.28. The second-order valence-electron chi connectivity index (χ2n) is 10.3. The number of para-hydroxylation sites is 1. The van der Waals surface area contributed by atoms with Gasteiger partial charge in [0, 0.05) is 41.8 Å². The van der Waals surface area contributed by atoms with Gasteiger partial charge < -0.3 is 4.57 Å². The van der Waals surface area contributed by atoms with Gasteiger partial charge in [-0.05, 0) is 72.7 Å². The first-order valence-corrected chi connectivity index (χ1v) is 14.3. The monoisotopic (exact) mass is 516 g/mol. The summed E-state index contributed by atoms with van der Waals surface area (Å²) in [4.78, 5) is 0.347. The molecule has 0 radical (unpaired) electrons. The van der Waals surface area contributed by atoms with Crippen LogP contribution in [0.25, 0.3) is 16.5 Å². The van der Waals surface area contributed by atoms with Gasteiger partial charge in [0.25, 0.3) is 0 Å². The van der Waals surface area contributed by atoms with Crippen molar-refractivity contribution in [3.8, 4) is 0 Å². The van der Waals surface area contributed by atoms with Crippen LogP contribution in [0.2, 0.25) is 0 Å². The van der Waals surface area contributed by atoms with E-state index in [1.807, 2.05) is 30.3 Å². The highest BCUT2D eigenvalue weighted by atomic mass is 32.2. The van der Waals surface area contributed by atoms with Gasteiger partial charge in [0.1, 0.15) is 5.82 Å². The topological polar surface area (TPSA) is 42.3 Å². The maximum Gasteiger partial charge on any atom is 0.243 e. The number of hydrogen-bond acceptors (Lipinski definition) is 2. The number of aromatic nitrogens is 1. The molecule has 192 valence electrons. The Morgan fingerprint density at radius 2 is 1.70 bits per heavy atom. The third kappa shape index (κ3) is 5.13. The zero-order chi connectivity index (χ0) is 26.2. The number of nitrogens with zero attached hydrogens (tertiary/aromatic N) is 2. The molecule has 0 saturated heterocycles. The molecule has 0 N–H and O–H groups in total. The Hall–Kier alpha value is -3.22. The molecule has 0 aliphatic carbocycles. The lowest BCUT2D eigenvalue weighted by molar-refractivity contribution is 0.441. The van der Waals surface area contributed by atoms with Crippen LogP contribution < -0.4 is 0 Å². The standard InChI is InChI=1S/C31H33FN2O2S/c1-22(2)19-24-11-13-28(14-12-24)37(35,36)33-17-15-26(16-18-33)31-23(3)34(30-10-5-4-9-29(30)31)21-25-7-6-8-27(32)20-25/h4-15,20,22H,16-19,21H2,1-3H3. The molecule has 0 amide bonds. The summed E-state index contributed by atoms with van der Waals surface area (Å²) in [6, 6.07) is 22.3. The molecule has 0 bridgehead atoms. The largest absolute Gasteiger partial charge is 0.340 e. The van der Waals surface area contributed by atoms with Crippen molar-refractivity contribution in [3.05, 3.63) is 107 Å². The zero-order valence-corrected chi connectivity index (χ0v) is 22.4. The van der Waals surface area contributed by atoms with Crippen molar-refractivity contribution in [1.29, 1.82) is 0 Å². The average Bonchev–Trinajstić information content (AvgIpc) is 3.15. The van der Waals surface area contributed by atoms with Crippen molar-refractivity contribution in [2.75, 3.05) is 13.1 Å². The first-order chi connectivity index (χ1) is 17.7. The maximum atomic E-state index is 13.8. The Morgan fingerprint density at radius 1 is 0.946 bits per heavy atom. The molecule has 5 rings (SSSR count). The summed E-state index contributed by atoms with van der Waals surface area (Å²) >= 11 is 0. The van der Waals surface area contributed by atoms with Crippen LogP contribution in [0.1, 0.15) is 42.7 Å². The van der Waals surface area contributed by atoms with Crippen molar-refractivity contribution in [1.82, 2.24) is 8.87 Å². The van der Waals surface area contributed by atoms with E-state index in [1.165, 1.54) is 6.07 Å². The van der Waals surface area contributed by atoms with Gasteiger partial charge >= 0.3 is 0 Å². The molecule has 1 aliphatic heterocycles. The summed E-state index contributed by atoms with van der Waals surface area (Å²) in [6.45, 7) is 7.76. The number of rotatable bonds is 7. The van der Waals surface area contributed by atoms with Crippen LogP contribution in [0.4, 0.5) is 4.39 Å². The molecule has 4 aromatic rings.